The molecule has 2 rings (SSSR count). The van der Waals surface area contributed by atoms with Gasteiger partial charge in [-0.2, -0.15) is 22.0 Å². The van der Waals surface area contributed by atoms with E-state index >= 15 is 0 Å². The fourth-order valence-electron chi connectivity index (χ4n) is 2.40. The Balaban J connectivity index is 0.000000477. The molecule has 0 amide bonds. The molecule has 0 aliphatic carbocycles. The van der Waals surface area contributed by atoms with E-state index in [0.29, 0.717) is 0 Å². The van der Waals surface area contributed by atoms with Gasteiger partial charge in [0.2, 0.25) is 0 Å². The van der Waals surface area contributed by atoms with Crippen molar-refractivity contribution in [2.24, 2.45) is 0 Å². The molecule has 0 saturated carbocycles. The van der Waals surface area contributed by atoms with E-state index < -0.39 is 53.1 Å². The van der Waals surface area contributed by atoms with Crippen molar-refractivity contribution < 1.29 is 20.8 Å². The van der Waals surface area contributed by atoms with Crippen molar-refractivity contribution in [2.75, 3.05) is 0 Å². The summed E-state index contributed by atoms with van der Waals surface area (Å²) in [6.07, 6.45) is 0. The van der Waals surface area contributed by atoms with E-state index in [1.165, 1.54) is 0 Å². The zero-order valence-electron chi connectivity index (χ0n) is 20.5. The summed E-state index contributed by atoms with van der Waals surface area (Å²) in [5, 5.41) is 0. The Morgan fingerprint density at radius 3 is 0.966 bits per heavy atom. The fraction of sp³-hybridized carbons (Fsp3) is 0.600. The second kappa shape index (κ2) is 12.4. The van der Waals surface area contributed by atoms with Crippen LogP contribution in [0.5, 0.6) is 0 Å². The van der Waals surface area contributed by atoms with Crippen LogP contribution in [0.3, 0.4) is 0 Å². The molecule has 0 N–H and O–H groups in total. The Labute approximate surface area is 207 Å². The van der Waals surface area contributed by atoms with Gasteiger partial charge in [0.25, 0.3) is 0 Å². The van der Waals surface area contributed by atoms with E-state index in [-0.39, 0.29) is 0 Å². The SMILES string of the molecule is C[Si](C)(C)c1cc[c-]([Si](C)(C)C)p1.C[Si](C)(C)c1cc[c-]([Si](C)(C)C)p1.[Cl][Zr+2][Cl]. The van der Waals surface area contributed by atoms with E-state index in [0.717, 1.165) is 0 Å². The van der Waals surface area contributed by atoms with E-state index in [4.69, 9.17) is 17.0 Å². The fourth-order valence-corrected chi connectivity index (χ4v) is 13.3. The maximum atomic E-state index is 4.93. The third-order valence-electron chi connectivity index (χ3n) is 4.35. The average Bonchev–Trinajstić information content (AvgIpc) is 3.16. The molecule has 2 aromatic heterocycles. The zero-order chi connectivity index (χ0) is 23.3. The van der Waals surface area contributed by atoms with Gasteiger partial charge in [-0.1, -0.05) is 78.6 Å². The first-order valence-electron chi connectivity index (χ1n) is 10.1. The number of hydrogen-bond acceptors (Lipinski definition) is 0. The molecule has 164 valence electrons. The van der Waals surface area contributed by atoms with Gasteiger partial charge in [-0.25, -0.2) is 28.5 Å². The van der Waals surface area contributed by atoms with Gasteiger partial charge in [-0.15, -0.1) is 9.84 Å². The van der Waals surface area contributed by atoms with Crippen LogP contribution in [0.25, 0.3) is 0 Å². The quantitative estimate of drug-likeness (QED) is 0.246. The molecule has 0 aromatic carbocycles. The van der Waals surface area contributed by atoms with Gasteiger partial charge in [0.1, 0.15) is 0 Å². The van der Waals surface area contributed by atoms with Gasteiger partial charge in [-0.3, -0.25) is 0 Å². The molecule has 9 heteroatoms. The molecule has 0 unspecified atom stereocenters. The summed E-state index contributed by atoms with van der Waals surface area (Å²) in [6, 6.07) is 9.56. The van der Waals surface area contributed by atoms with Crippen LogP contribution in [0, 0.1) is 0 Å². The second-order valence-electron chi connectivity index (χ2n) is 11.5. The summed E-state index contributed by atoms with van der Waals surface area (Å²) >= 11 is -0.826. The Morgan fingerprint density at radius 2 is 0.862 bits per heavy atom. The van der Waals surface area contributed by atoms with Crippen LogP contribution in [-0.2, 0) is 20.8 Å². The predicted molar refractivity (Wildman–Crippen MR) is 153 cm³/mol. The molecule has 0 bridgehead atoms. The summed E-state index contributed by atoms with van der Waals surface area (Å²) < 4.78 is 0. The van der Waals surface area contributed by atoms with Gasteiger partial charge in [0.15, 0.2) is 0 Å². The molecule has 0 radical (unpaired) electrons. The third kappa shape index (κ3) is 12.1. The average molecular weight is 617 g/mol. The minimum atomic E-state index is -1.03. The van der Waals surface area contributed by atoms with Crippen molar-refractivity contribution in [3.8, 4) is 0 Å². The summed E-state index contributed by atoms with van der Waals surface area (Å²) in [4.78, 5) is 6.85. The van der Waals surface area contributed by atoms with Crippen LogP contribution in [0.2, 0.25) is 78.6 Å². The van der Waals surface area contributed by atoms with Crippen LogP contribution >= 0.6 is 33.4 Å². The second-order valence-corrected chi connectivity index (χ2v) is 39.4. The van der Waals surface area contributed by atoms with Gasteiger partial charge >= 0.3 is 37.9 Å². The van der Waals surface area contributed by atoms with Crippen LogP contribution < -0.4 is 19.7 Å². The van der Waals surface area contributed by atoms with Crippen LogP contribution in [0.4, 0.5) is 0 Å². The third-order valence-corrected chi connectivity index (χ3v) is 22.1. The number of rotatable bonds is 4. The van der Waals surface area contributed by atoms with Crippen molar-refractivity contribution in [2.45, 2.75) is 78.6 Å². The zero-order valence-corrected chi connectivity index (χ0v) is 30.2. The summed E-state index contributed by atoms with van der Waals surface area (Å²) in [5.74, 6) is 0. The molecule has 0 nitrogen and oxygen atoms in total. The maximum absolute atomic E-state index is 4.93. The van der Waals surface area contributed by atoms with Crippen molar-refractivity contribution in [1.29, 1.82) is 0 Å². The predicted octanol–water partition coefficient (Wildman–Crippen LogP) is 7.53. The van der Waals surface area contributed by atoms with E-state index in [1.54, 1.807) is 36.1 Å². The van der Waals surface area contributed by atoms with Crippen molar-refractivity contribution in [1.82, 2.24) is 0 Å². The number of halogens is 2. The molecule has 0 fully saturated rings. The molecule has 2 heterocycles. The molecular formula is C20H40Cl2P2Si4Zr. The summed E-state index contributed by atoms with van der Waals surface area (Å²) in [6.45, 7) is 29.2. The number of hydrogen-bond donors (Lipinski definition) is 0. The van der Waals surface area contributed by atoms with Gasteiger partial charge in [0, 0.05) is 32.3 Å². The topological polar surface area (TPSA) is 0 Å². The van der Waals surface area contributed by atoms with Crippen molar-refractivity contribution in [3.63, 3.8) is 0 Å². The van der Waals surface area contributed by atoms with E-state index in [9.17, 15) is 0 Å². The Hall–Kier alpha value is 1.89. The standard InChI is InChI=1S/2C10H20PSi2.2ClH.Zr/c2*1-12(2,3)9-7-8-10(11-9)13(4,5)6;;;/h2*7-8H,1-6H3;2*1H;/q2*-1;;;+4/p-2. The van der Waals surface area contributed by atoms with Crippen LogP contribution in [-0.4, -0.2) is 32.3 Å². The summed E-state index contributed by atoms with van der Waals surface area (Å²) in [7, 11) is 8.87. The van der Waals surface area contributed by atoms with Gasteiger partial charge < -0.3 is 0 Å². The van der Waals surface area contributed by atoms with Gasteiger partial charge in [0.05, 0.1) is 0 Å². The Kier molecular flexibility index (Phi) is 13.2. The first kappa shape index (κ1) is 30.9. The molecular weight excluding hydrogens is 577 g/mol. The molecule has 2 aromatic rings. The first-order valence-corrected chi connectivity index (χ1v) is 32.2. The van der Waals surface area contributed by atoms with Crippen LogP contribution in [0.1, 0.15) is 0 Å². The first-order chi connectivity index (χ1) is 12.8. The molecule has 0 spiro atoms. The summed E-state index contributed by atoms with van der Waals surface area (Å²) in [5.41, 5.74) is 0. The van der Waals surface area contributed by atoms with Gasteiger partial charge in [-0.05, 0) is 0 Å². The molecule has 0 saturated heterocycles. The monoisotopic (exact) mass is 614 g/mol. The van der Waals surface area contributed by atoms with Crippen molar-refractivity contribution in [3.05, 3.63) is 24.3 Å². The normalized spacial score (nSPS) is 12.9. The van der Waals surface area contributed by atoms with Crippen molar-refractivity contribution >= 4 is 85.4 Å². The Morgan fingerprint density at radius 1 is 0.621 bits per heavy atom. The minimum absolute atomic E-state index is 0.826. The van der Waals surface area contributed by atoms with E-state index in [2.05, 4.69) is 103 Å². The molecule has 0 aliphatic heterocycles. The van der Waals surface area contributed by atoms with Crippen LogP contribution in [0.15, 0.2) is 24.3 Å². The van der Waals surface area contributed by atoms with E-state index in [1.807, 2.05) is 0 Å². The molecule has 0 aliphatic rings. The molecule has 29 heavy (non-hydrogen) atoms. The molecule has 0 atom stereocenters. The Bertz CT molecular complexity index is 614.